The van der Waals surface area contributed by atoms with Gasteiger partial charge in [-0.1, -0.05) is 30.3 Å². The van der Waals surface area contributed by atoms with E-state index in [1.54, 1.807) is 11.3 Å². The third-order valence-electron chi connectivity index (χ3n) is 5.94. The number of benzene rings is 1. The van der Waals surface area contributed by atoms with E-state index in [9.17, 15) is 9.90 Å². The van der Waals surface area contributed by atoms with Crippen LogP contribution in [0.2, 0.25) is 0 Å². The van der Waals surface area contributed by atoms with Gasteiger partial charge in [0.1, 0.15) is 0 Å². The van der Waals surface area contributed by atoms with Crippen molar-refractivity contribution in [2.75, 3.05) is 19.6 Å². The Bertz CT molecular complexity index is 732. The Kier molecular flexibility index (Phi) is 6.58. The van der Waals surface area contributed by atoms with Crippen LogP contribution in [0.3, 0.4) is 0 Å². The van der Waals surface area contributed by atoms with Crippen molar-refractivity contribution in [3.63, 3.8) is 0 Å². The highest BCUT2D eigenvalue weighted by atomic mass is 35.5. The van der Waals surface area contributed by atoms with Gasteiger partial charge < -0.3 is 15.3 Å². The van der Waals surface area contributed by atoms with Gasteiger partial charge in [0.25, 0.3) is 0 Å². The molecule has 1 saturated carbocycles. The van der Waals surface area contributed by atoms with Crippen LogP contribution in [0.1, 0.15) is 36.5 Å². The van der Waals surface area contributed by atoms with Crippen molar-refractivity contribution in [3.05, 3.63) is 58.3 Å². The molecule has 2 heterocycles. The summed E-state index contributed by atoms with van der Waals surface area (Å²) < 4.78 is 0. The lowest BCUT2D eigenvalue weighted by Gasteiger charge is -2.28. The van der Waals surface area contributed by atoms with E-state index in [0.717, 1.165) is 43.5 Å². The summed E-state index contributed by atoms with van der Waals surface area (Å²) in [5.74, 6) is 0.341. The smallest absolute Gasteiger partial charge is 0.226 e. The number of nitrogens with zero attached hydrogens (tertiary/aromatic N) is 1. The fraction of sp³-hybridized carbons (Fsp3) is 0.476. The fourth-order valence-electron chi connectivity index (χ4n) is 4.21. The molecule has 1 aliphatic carbocycles. The number of aliphatic hydroxyl groups is 1. The van der Waals surface area contributed by atoms with Gasteiger partial charge in [0.05, 0.1) is 12.6 Å². The van der Waals surface area contributed by atoms with Crippen molar-refractivity contribution in [2.45, 2.75) is 31.9 Å². The van der Waals surface area contributed by atoms with Gasteiger partial charge in [-0.3, -0.25) is 4.79 Å². The van der Waals surface area contributed by atoms with Crippen LogP contribution in [0, 0.1) is 11.3 Å². The molecular formula is C21H27ClN2O2S. The van der Waals surface area contributed by atoms with Gasteiger partial charge >= 0.3 is 0 Å². The maximum Gasteiger partial charge on any atom is 0.226 e. The summed E-state index contributed by atoms with van der Waals surface area (Å²) in [4.78, 5) is 15.2. The molecule has 2 aromatic rings. The molecular weight excluding hydrogens is 380 g/mol. The number of hydrogen-bond acceptors (Lipinski definition) is 4. The molecule has 1 saturated heterocycles. The molecule has 1 spiro atoms. The molecule has 2 fully saturated rings. The van der Waals surface area contributed by atoms with E-state index < -0.39 is 6.10 Å². The lowest BCUT2D eigenvalue weighted by molar-refractivity contribution is -0.135. The van der Waals surface area contributed by atoms with Crippen LogP contribution in [0.4, 0.5) is 0 Å². The number of rotatable bonds is 6. The van der Waals surface area contributed by atoms with E-state index >= 15 is 0 Å². The zero-order valence-electron chi connectivity index (χ0n) is 15.3. The number of hydrogen-bond donors (Lipinski definition) is 2. The molecule has 4 nitrogen and oxygen atoms in total. The maximum atomic E-state index is 13.3. The van der Waals surface area contributed by atoms with Crippen molar-refractivity contribution in [2.24, 2.45) is 11.3 Å². The molecule has 0 bridgehead atoms. The largest absolute Gasteiger partial charge is 0.387 e. The van der Waals surface area contributed by atoms with Gasteiger partial charge in [0.2, 0.25) is 5.91 Å². The van der Waals surface area contributed by atoms with Crippen molar-refractivity contribution in [1.82, 2.24) is 10.2 Å². The number of aliphatic hydroxyl groups excluding tert-OH is 1. The average Bonchev–Trinajstić information content (AvgIpc) is 3.10. The molecule has 1 aromatic heterocycles. The van der Waals surface area contributed by atoms with Crippen LogP contribution in [0.15, 0.2) is 47.2 Å². The molecule has 2 atom stereocenters. The quantitative estimate of drug-likeness (QED) is 0.770. The molecule has 1 aromatic carbocycles. The van der Waals surface area contributed by atoms with E-state index in [1.165, 1.54) is 0 Å². The Balaban J connectivity index is 0.00000210. The van der Waals surface area contributed by atoms with Crippen LogP contribution in [0.25, 0.3) is 0 Å². The molecule has 2 N–H and O–H groups in total. The minimum atomic E-state index is -0.628. The standard InChI is InChI=1S/C21H26N2O2S.ClH/c24-19(17-6-11-26-15-17)14-23(13-16-4-2-1-3-5-16)20(25)18-12-21(18)7-9-22-10-8-21;/h1-6,11,15,18-19,22,24H,7-10,12-14H2;1H. The zero-order chi connectivity index (χ0) is 18.0. The third kappa shape index (κ3) is 4.54. The highest BCUT2D eigenvalue weighted by Crippen LogP contribution is 2.59. The summed E-state index contributed by atoms with van der Waals surface area (Å²) >= 11 is 1.57. The number of amides is 1. The number of carbonyl (C=O) groups is 1. The molecule has 2 unspecified atom stereocenters. The Morgan fingerprint density at radius 3 is 2.67 bits per heavy atom. The van der Waals surface area contributed by atoms with Crippen molar-refractivity contribution in [1.29, 1.82) is 0 Å². The molecule has 4 rings (SSSR count). The van der Waals surface area contributed by atoms with Gasteiger partial charge in [-0.2, -0.15) is 11.3 Å². The molecule has 1 amide bonds. The maximum absolute atomic E-state index is 13.3. The molecule has 6 heteroatoms. The third-order valence-corrected chi connectivity index (χ3v) is 6.64. The predicted octanol–water partition coefficient (Wildman–Crippen LogP) is 3.62. The second-order valence-electron chi connectivity index (χ2n) is 7.65. The summed E-state index contributed by atoms with van der Waals surface area (Å²) in [6.07, 6.45) is 2.57. The summed E-state index contributed by atoms with van der Waals surface area (Å²) in [6, 6.07) is 12.0. The van der Waals surface area contributed by atoms with E-state index in [0.29, 0.717) is 13.1 Å². The van der Waals surface area contributed by atoms with Gasteiger partial charge in [-0.15, -0.1) is 12.4 Å². The van der Waals surface area contributed by atoms with Crippen LogP contribution in [0.5, 0.6) is 0 Å². The molecule has 1 aliphatic heterocycles. The first-order chi connectivity index (χ1) is 12.7. The summed E-state index contributed by atoms with van der Waals surface area (Å²) in [6.45, 7) is 2.95. The summed E-state index contributed by atoms with van der Waals surface area (Å²) in [7, 11) is 0. The first-order valence-electron chi connectivity index (χ1n) is 9.41. The topological polar surface area (TPSA) is 52.6 Å². The van der Waals surface area contributed by atoms with Gasteiger partial charge in [0.15, 0.2) is 0 Å². The minimum absolute atomic E-state index is 0. The van der Waals surface area contributed by atoms with E-state index in [-0.39, 0.29) is 29.6 Å². The monoisotopic (exact) mass is 406 g/mol. The van der Waals surface area contributed by atoms with Gasteiger partial charge in [0, 0.05) is 12.5 Å². The Morgan fingerprint density at radius 2 is 2.00 bits per heavy atom. The SMILES string of the molecule is Cl.O=C(C1CC12CCNCC2)N(Cc1ccccc1)CC(O)c1ccsc1. The van der Waals surface area contributed by atoms with E-state index in [1.807, 2.05) is 52.1 Å². The number of carbonyl (C=O) groups excluding carboxylic acids is 1. The van der Waals surface area contributed by atoms with Crippen LogP contribution in [-0.4, -0.2) is 35.5 Å². The van der Waals surface area contributed by atoms with Crippen LogP contribution in [-0.2, 0) is 11.3 Å². The van der Waals surface area contributed by atoms with Crippen LogP contribution >= 0.6 is 23.7 Å². The average molecular weight is 407 g/mol. The lowest BCUT2D eigenvalue weighted by Crippen LogP contribution is -2.38. The fourth-order valence-corrected chi connectivity index (χ4v) is 4.92. The number of piperidine rings is 1. The van der Waals surface area contributed by atoms with Gasteiger partial charge in [-0.05, 0) is 65.7 Å². The lowest BCUT2D eigenvalue weighted by atomic mass is 9.91. The summed E-state index contributed by atoms with van der Waals surface area (Å²) in [5, 5.41) is 17.9. The van der Waals surface area contributed by atoms with E-state index in [2.05, 4.69) is 5.32 Å². The highest BCUT2D eigenvalue weighted by molar-refractivity contribution is 7.07. The second kappa shape index (κ2) is 8.74. The van der Waals surface area contributed by atoms with Crippen molar-refractivity contribution >= 4 is 29.7 Å². The van der Waals surface area contributed by atoms with Crippen molar-refractivity contribution < 1.29 is 9.90 Å². The van der Waals surface area contributed by atoms with Gasteiger partial charge in [-0.25, -0.2) is 0 Å². The Hall–Kier alpha value is -1.40. The van der Waals surface area contributed by atoms with Crippen LogP contribution < -0.4 is 5.32 Å². The molecule has 0 radical (unpaired) electrons. The number of halogens is 1. The number of nitrogens with one attached hydrogen (secondary N) is 1. The minimum Gasteiger partial charge on any atom is -0.387 e. The first-order valence-corrected chi connectivity index (χ1v) is 10.4. The molecule has 146 valence electrons. The predicted molar refractivity (Wildman–Crippen MR) is 111 cm³/mol. The highest BCUT2D eigenvalue weighted by Gasteiger charge is 2.58. The number of thiophene rings is 1. The van der Waals surface area contributed by atoms with E-state index in [4.69, 9.17) is 0 Å². The zero-order valence-corrected chi connectivity index (χ0v) is 17.0. The Morgan fingerprint density at radius 1 is 1.26 bits per heavy atom. The second-order valence-corrected chi connectivity index (χ2v) is 8.43. The molecule has 27 heavy (non-hydrogen) atoms. The molecule has 2 aliphatic rings. The normalized spacial score (nSPS) is 21.3. The van der Waals surface area contributed by atoms with Crippen molar-refractivity contribution in [3.8, 4) is 0 Å². The summed E-state index contributed by atoms with van der Waals surface area (Å²) in [5.41, 5.74) is 2.22. The first kappa shape index (κ1) is 20.3. The Labute approximate surface area is 171 Å².